The van der Waals surface area contributed by atoms with Gasteiger partial charge in [0.1, 0.15) is 5.75 Å². The fourth-order valence-electron chi connectivity index (χ4n) is 5.86. The van der Waals surface area contributed by atoms with Crippen LogP contribution in [0.5, 0.6) is 5.75 Å². The smallest absolute Gasteiger partial charge is 0.322 e. The molecule has 28 heavy (non-hydrogen) atoms. The van der Waals surface area contributed by atoms with Crippen LogP contribution in [-0.4, -0.2) is 46.2 Å². The summed E-state index contributed by atoms with van der Waals surface area (Å²) in [6, 6.07) is 7.03. The van der Waals surface area contributed by atoms with Gasteiger partial charge in [0.2, 0.25) is 5.72 Å². The highest BCUT2D eigenvalue weighted by Gasteiger charge is 2.83. The van der Waals surface area contributed by atoms with Gasteiger partial charge in [-0.05, 0) is 31.4 Å². The summed E-state index contributed by atoms with van der Waals surface area (Å²) in [5, 5.41) is 10.2. The molecule has 2 atom stereocenters. The number of carbonyl (C=O) groups is 1. The predicted octanol–water partition coefficient (Wildman–Crippen LogP) is 4.24. The Morgan fingerprint density at radius 3 is 2.32 bits per heavy atom. The minimum absolute atomic E-state index is 0.00876. The summed E-state index contributed by atoms with van der Waals surface area (Å²) in [7, 11) is 0. The SMILES string of the molecule is CC(C)(C)C12OOC1(c1cccc(O)c1)N(C(=O)N1CCCCC1)CC2(C)C. The molecule has 4 rings (SSSR count). The number of benzene rings is 1. The van der Waals surface area contributed by atoms with E-state index in [2.05, 4.69) is 34.6 Å². The van der Waals surface area contributed by atoms with Crippen molar-refractivity contribution >= 4 is 6.03 Å². The maximum absolute atomic E-state index is 13.7. The second kappa shape index (κ2) is 6.10. The quantitative estimate of drug-likeness (QED) is 0.731. The molecule has 154 valence electrons. The van der Waals surface area contributed by atoms with E-state index in [9.17, 15) is 9.90 Å². The highest BCUT2D eigenvalue weighted by Crippen LogP contribution is 2.70. The lowest BCUT2D eigenvalue weighted by Gasteiger charge is -2.63. The van der Waals surface area contributed by atoms with Gasteiger partial charge in [-0.2, -0.15) is 4.89 Å². The molecular formula is C22H32N2O4. The predicted molar refractivity (Wildman–Crippen MR) is 105 cm³/mol. The highest BCUT2D eigenvalue weighted by molar-refractivity contribution is 5.77. The van der Waals surface area contributed by atoms with Gasteiger partial charge in [-0.15, -0.1) is 0 Å². The molecule has 2 unspecified atom stereocenters. The summed E-state index contributed by atoms with van der Waals surface area (Å²) in [6.07, 6.45) is 3.23. The molecule has 0 aromatic heterocycles. The number of hydrogen-bond donors (Lipinski definition) is 1. The van der Waals surface area contributed by atoms with Crippen LogP contribution in [0.1, 0.15) is 59.4 Å². The van der Waals surface area contributed by atoms with Gasteiger partial charge in [0.05, 0.1) is 0 Å². The van der Waals surface area contributed by atoms with Gasteiger partial charge in [0, 0.05) is 36.0 Å². The third-order valence-corrected chi connectivity index (χ3v) is 6.80. The van der Waals surface area contributed by atoms with E-state index in [-0.39, 0.29) is 22.6 Å². The molecule has 0 spiro atoms. The van der Waals surface area contributed by atoms with Gasteiger partial charge in [0.15, 0.2) is 5.60 Å². The number of likely N-dealkylation sites (tertiary alicyclic amines) is 2. The lowest BCUT2D eigenvalue weighted by Crippen LogP contribution is -2.76. The molecule has 3 saturated heterocycles. The molecule has 0 bridgehead atoms. The Morgan fingerprint density at radius 1 is 1.11 bits per heavy atom. The minimum Gasteiger partial charge on any atom is -0.508 e. The number of nitrogens with zero attached hydrogens (tertiary/aromatic N) is 2. The minimum atomic E-state index is -1.07. The molecule has 3 aliphatic heterocycles. The van der Waals surface area contributed by atoms with Crippen LogP contribution >= 0.6 is 0 Å². The molecule has 2 amide bonds. The Kier molecular flexibility index (Phi) is 4.25. The number of urea groups is 1. The Balaban J connectivity index is 1.88. The normalized spacial score (nSPS) is 32.0. The van der Waals surface area contributed by atoms with Crippen LogP contribution in [0.2, 0.25) is 0 Å². The number of aromatic hydroxyl groups is 1. The van der Waals surface area contributed by atoms with Gasteiger partial charge in [-0.1, -0.05) is 46.8 Å². The van der Waals surface area contributed by atoms with Crippen molar-refractivity contribution in [3.63, 3.8) is 0 Å². The number of carbonyl (C=O) groups excluding carboxylic acids is 1. The lowest BCUT2D eigenvalue weighted by molar-refractivity contribution is -0.603. The van der Waals surface area contributed by atoms with E-state index in [1.54, 1.807) is 18.2 Å². The molecule has 0 saturated carbocycles. The third-order valence-electron chi connectivity index (χ3n) is 6.80. The van der Waals surface area contributed by atoms with Crippen LogP contribution in [0.4, 0.5) is 4.79 Å². The standard InChI is InChI=1S/C22H32N2O4/c1-19(2,3)22-20(4,5)15-24(18(26)23-12-7-6-8-13-23)21(22,27-28-22)16-10-9-11-17(25)14-16/h9-11,14,25H,6-8,12-13,15H2,1-5H3. The summed E-state index contributed by atoms with van der Waals surface area (Å²) in [4.78, 5) is 29.4. The fourth-order valence-corrected chi connectivity index (χ4v) is 5.86. The van der Waals surface area contributed by atoms with Crippen molar-refractivity contribution in [2.45, 2.75) is 65.2 Å². The largest absolute Gasteiger partial charge is 0.508 e. The zero-order valence-electron chi connectivity index (χ0n) is 17.6. The summed E-state index contributed by atoms with van der Waals surface area (Å²) >= 11 is 0. The zero-order chi connectivity index (χ0) is 20.4. The van der Waals surface area contributed by atoms with Crippen LogP contribution in [0.15, 0.2) is 24.3 Å². The maximum atomic E-state index is 13.7. The Bertz CT molecular complexity index is 781. The fraction of sp³-hybridized carbons (Fsp3) is 0.682. The first-order valence-electron chi connectivity index (χ1n) is 10.3. The number of hydrogen-bond acceptors (Lipinski definition) is 4. The van der Waals surface area contributed by atoms with Crippen molar-refractivity contribution in [1.82, 2.24) is 9.80 Å². The first-order valence-corrected chi connectivity index (χ1v) is 10.3. The van der Waals surface area contributed by atoms with E-state index in [1.807, 2.05) is 15.9 Å². The molecule has 3 aliphatic rings. The summed E-state index contributed by atoms with van der Waals surface area (Å²) in [5.74, 6) is 0.153. The molecule has 3 heterocycles. The van der Waals surface area contributed by atoms with Crippen molar-refractivity contribution in [1.29, 1.82) is 0 Å². The molecule has 1 N–H and O–H groups in total. The summed E-state index contributed by atoms with van der Waals surface area (Å²) in [6.45, 7) is 12.7. The van der Waals surface area contributed by atoms with Gasteiger partial charge in [-0.25, -0.2) is 9.68 Å². The van der Waals surface area contributed by atoms with E-state index in [0.717, 1.165) is 31.5 Å². The first-order chi connectivity index (χ1) is 13.1. The Morgan fingerprint density at radius 2 is 1.79 bits per heavy atom. The van der Waals surface area contributed by atoms with E-state index < -0.39 is 11.3 Å². The van der Waals surface area contributed by atoms with Crippen molar-refractivity contribution in [3.05, 3.63) is 29.8 Å². The number of amides is 2. The summed E-state index contributed by atoms with van der Waals surface area (Å²) < 4.78 is 0. The van der Waals surface area contributed by atoms with E-state index in [1.165, 1.54) is 6.42 Å². The number of phenols is 1. The van der Waals surface area contributed by atoms with Crippen molar-refractivity contribution in [2.75, 3.05) is 19.6 Å². The van der Waals surface area contributed by atoms with E-state index >= 15 is 0 Å². The molecule has 6 heteroatoms. The monoisotopic (exact) mass is 388 g/mol. The average Bonchev–Trinajstić information content (AvgIpc) is 2.73. The van der Waals surface area contributed by atoms with Crippen molar-refractivity contribution < 1.29 is 19.7 Å². The molecule has 6 nitrogen and oxygen atoms in total. The average molecular weight is 389 g/mol. The molecule has 0 radical (unpaired) electrons. The maximum Gasteiger partial charge on any atom is 0.322 e. The highest BCUT2D eigenvalue weighted by atomic mass is 17.3. The molecular weight excluding hydrogens is 356 g/mol. The second-order valence-electron chi connectivity index (χ2n) is 10.1. The van der Waals surface area contributed by atoms with E-state index in [0.29, 0.717) is 6.54 Å². The van der Waals surface area contributed by atoms with E-state index in [4.69, 9.17) is 9.78 Å². The number of fused-ring (bicyclic) bond motifs is 1. The topological polar surface area (TPSA) is 62.2 Å². The zero-order valence-corrected chi connectivity index (χ0v) is 17.6. The van der Waals surface area contributed by atoms with Crippen molar-refractivity contribution in [3.8, 4) is 5.75 Å². The van der Waals surface area contributed by atoms with Gasteiger partial charge >= 0.3 is 6.03 Å². The molecule has 1 aromatic rings. The number of rotatable bonds is 1. The number of piperidine rings is 1. The molecule has 0 aliphatic carbocycles. The van der Waals surface area contributed by atoms with Gasteiger partial charge in [-0.3, -0.25) is 4.90 Å². The third kappa shape index (κ3) is 2.31. The molecule has 3 fully saturated rings. The van der Waals surface area contributed by atoms with Gasteiger partial charge in [0.25, 0.3) is 0 Å². The van der Waals surface area contributed by atoms with Crippen LogP contribution in [0.3, 0.4) is 0 Å². The second-order valence-corrected chi connectivity index (χ2v) is 10.1. The van der Waals surface area contributed by atoms with Crippen LogP contribution in [-0.2, 0) is 15.5 Å². The first kappa shape index (κ1) is 19.5. The Labute approximate surface area is 167 Å². The lowest BCUT2D eigenvalue weighted by atomic mass is 9.57. The van der Waals surface area contributed by atoms with Crippen LogP contribution in [0, 0.1) is 10.8 Å². The van der Waals surface area contributed by atoms with Gasteiger partial charge < -0.3 is 10.0 Å². The molecule has 1 aromatic carbocycles. The van der Waals surface area contributed by atoms with Crippen LogP contribution < -0.4 is 0 Å². The Hall–Kier alpha value is -1.79. The number of phenolic OH excluding ortho intramolecular Hbond substituents is 1. The summed E-state index contributed by atoms with van der Waals surface area (Å²) in [5.41, 5.74) is -1.71. The van der Waals surface area contributed by atoms with Crippen molar-refractivity contribution in [2.24, 2.45) is 10.8 Å². The van der Waals surface area contributed by atoms with Crippen LogP contribution in [0.25, 0.3) is 0 Å².